The summed E-state index contributed by atoms with van der Waals surface area (Å²) in [5, 5.41) is 6.68. The number of rotatable bonds is 5. The Balaban J connectivity index is 1.93. The van der Waals surface area contributed by atoms with Crippen molar-refractivity contribution >= 4 is 11.6 Å². The van der Waals surface area contributed by atoms with Crippen LogP contribution in [0.15, 0.2) is 23.2 Å². The van der Waals surface area contributed by atoms with E-state index in [1.165, 1.54) is 18.2 Å². The Bertz CT molecular complexity index is 595. The summed E-state index contributed by atoms with van der Waals surface area (Å²) in [6.45, 7) is 6.17. The van der Waals surface area contributed by atoms with Crippen molar-refractivity contribution in [2.24, 2.45) is 4.99 Å². The molecule has 1 aromatic rings. The number of anilines is 1. The normalized spacial score (nSPS) is 18.8. The molecule has 1 saturated heterocycles. The fraction of sp³-hybridized carbons (Fsp3) is 0.611. The molecule has 1 unspecified atom stereocenters. The van der Waals surface area contributed by atoms with Gasteiger partial charge in [0.15, 0.2) is 5.96 Å². The molecule has 1 aromatic carbocycles. The molecule has 5 nitrogen and oxygen atoms in total. The molecule has 2 rings (SSSR count). The molecule has 0 bridgehead atoms. The Morgan fingerprint density at radius 1 is 1.32 bits per heavy atom. The number of halogens is 2. The van der Waals surface area contributed by atoms with Crippen molar-refractivity contribution in [3.63, 3.8) is 0 Å². The van der Waals surface area contributed by atoms with Crippen molar-refractivity contribution in [2.45, 2.75) is 31.8 Å². The third-order valence-corrected chi connectivity index (χ3v) is 4.91. The molecule has 1 aliphatic heterocycles. The van der Waals surface area contributed by atoms with Gasteiger partial charge in [0.1, 0.15) is 17.3 Å². The summed E-state index contributed by atoms with van der Waals surface area (Å²) >= 11 is 0. The summed E-state index contributed by atoms with van der Waals surface area (Å²) in [4.78, 5) is 8.15. The number of likely N-dealkylation sites (N-methyl/N-ethyl adjacent to an activating group) is 1. The Kier molecular flexibility index (Phi) is 6.21. The molecule has 1 heterocycles. The first kappa shape index (κ1) is 19.4. The fourth-order valence-corrected chi connectivity index (χ4v) is 2.72. The van der Waals surface area contributed by atoms with Crippen molar-refractivity contribution in [1.29, 1.82) is 0 Å². The van der Waals surface area contributed by atoms with Crippen LogP contribution < -0.4 is 15.5 Å². The summed E-state index contributed by atoms with van der Waals surface area (Å²) < 4.78 is 27.9. The van der Waals surface area contributed by atoms with Gasteiger partial charge in [-0.1, -0.05) is 6.07 Å². The Hall–Kier alpha value is -1.89. The number of benzene rings is 1. The summed E-state index contributed by atoms with van der Waals surface area (Å²) in [5.74, 6) is -0.331. The second-order valence-electron chi connectivity index (χ2n) is 7.28. The van der Waals surface area contributed by atoms with Gasteiger partial charge in [0.05, 0.1) is 0 Å². The monoisotopic (exact) mass is 353 g/mol. The lowest BCUT2D eigenvalue weighted by molar-refractivity contribution is 0.197. The minimum atomic E-state index is -0.518. The first-order valence-electron chi connectivity index (χ1n) is 8.58. The van der Waals surface area contributed by atoms with Gasteiger partial charge in [-0.05, 0) is 46.5 Å². The predicted octanol–water partition coefficient (Wildman–Crippen LogP) is 2.05. The van der Waals surface area contributed by atoms with E-state index in [1.54, 1.807) is 11.9 Å². The molecule has 1 fully saturated rings. The SMILES string of the molecule is CN=C(NCC(C)(C)N(C)C)NC1CCN(c2c(F)cccc2F)C1. The van der Waals surface area contributed by atoms with Crippen molar-refractivity contribution in [2.75, 3.05) is 45.7 Å². The van der Waals surface area contributed by atoms with E-state index in [0.29, 0.717) is 19.0 Å². The molecule has 0 saturated carbocycles. The minimum absolute atomic E-state index is 0.0182. The Labute approximate surface area is 149 Å². The van der Waals surface area contributed by atoms with Gasteiger partial charge in [0.25, 0.3) is 0 Å². The Morgan fingerprint density at radius 3 is 2.52 bits per heavy atom. The molecule has 0 radical (unpaired) electrons. The van der Waals surface area contributed by atoms with Gasteiger partial charge in [-0.25, -0.2) is 8.78 Å². The lowest BCUT2D eigenvalue weighted by Crippen LogP contribution is -2.52. The van der Waals surface area contributed by atoms with E-state index < -0.39 is 11.6 Å². The van der Waals surface area contributed by atoms with Crippen LogP contribution in [0, 0.1) is 11.6 Å². The van der Waals surface area contributed by atoms with Gasteiger partial charge in [-0.15, -0.1) is 0 Å². The number of hydrogen-bond acceptors (Lipinski definition) is 3. The number of nitrogens with zero attached hydrogens (tertiary/aromatic N) is 3. The first-order valence-corrected chi connectivity index (χ1v) is 8.58. The molecule has 1 aliphatic rings. The molecule has 0 aromatic heterocycles. The van der Waals surface area contributed by atoms with Gasteiger partial charge in [-0.2, -0.15) is 0 Å². The van der Waals surface area contributed by atoms with Crippen molar-refractivity contribution < 1.29 is 8.78 Å². The molecule has 2 N–H and O–H groups in total. The zero-order chi connectivity index (χ0) is 18.6. The van der Waals surface area contributed by atoms with E-state index in [2.05, 4.69) is 34.4 Å². The molecule has 7 heteroatoms. The molecular formula is C18H29F2N5. The van der Waals surface area contributed by atoms with Gasteiger partial charge in [0.2, 0.25) is 0 Å². The highest BCUT2D eigenvalue weighted by Gasteiger charge is 2.28. The number of para-hydroxylation sites is 1. The second kappa shape index (κ2) is 7.99. The quantitative estimate of drug-likeness (QED) is 0.628. The highest BCUT2D eigenvalue weighted by molar-refractivity contribution is 5.80. The van der Waals surface area contributed by atoms with E-state index in [-0.39, 0.29) is 17.3 Å². The Morgan fingerprint density at radius 2 is 1.96 bits per heavy atom. The summed E-state index contributed by atoms with van der Waals surface area (Å²) in [5.41, 5.74) is 0.0406. The number of aliphatic imine (C=N–C) groups is 1. The first-order chi connectivity index (χ1) is 11.7. The lowest BCUT2D eigenvalue weighted by atomic mass is 10.0. The maximum Gasteiger partial charge on any atom is 0.191 e. The lowest BCUT2D eigenvalue weighted by Gasteiger charge is -2.33. The van der Waals surface area contributed by atoms with Crippen molar-refractivity contribution in [3.8, 4) is 0 Å². The van der Waals surface area contributed by atoms with Crippen LogP contribution in [0.25, 0.3) is 0 Å². The van der Waals surface area contributed by atoms with Gasteiger partial charge in [0, 0.05) is 38.3 Å². The van der Waals surface area contributed by atoms with Gasteiger partial charge in [-0.3, -0.25) is 4.99 Å². The number of guanidine groups is 1. The average molecular weight is 353 g/mol. The molecular weight excluding hydrogens is 324 g/mol. The highest BCUT2D eigenvalue weighted by Crippen LogP contribution is 2.26. The summed E-state index contributed by atoms with van der Waals surface area (Å²) in [7, 11) is 5.80. The minimum Gasteiger partial charge on any atom is -0.365 e. The standard InChI is InChI=1S/C18H29F2N5/c1-18(2,24(4)5)12-22-17(21-3)23-13-9-10-25(11-13)16-14(19)7-6-8-15(16)20/h6-8,13H,9-12H2,1-5H3,(H2,21,22,23). The maximum absolute atomic E-state index is 13.9. The number of hydrogen-bond donors (Lipinski definition) is 2. The summed E-state index contributed by atoms with van der Waals surface area (Å²) in [6.07, 6.45) is 0.797. The van der Waals surface area contributed by atoms with E-state index >= 15 is 0 Å². The molecule has 0 amide bonds. The van der Waals surface area contributed by atoms with Crippen LogP contribution in [0.5, 0.6) is 0 Å². The maximum atomic E-state index is 13.9. The van der Waals surface area contributed by atoms with Crippen LogP contribution in [-0.4, -0.2) is 63.2 Å². The van der Waals surface area contributed by atoms with Gasteiger partial charge >= 0.3 is 0 Å². The topological polar surface area (TPSA) is 42.9 Å². The molecule has 25 heavy (non-hydrogen) atoms. The zero-order valence-electron chi connectivity index (χ0n) is 15.7. The second-order valence-corrected chi connectivity index (χ2v) is 7.28. The highest BCUT2D eigenvalue weighted by atomic mass is 19.1. The van der Waals surface area contributed by atoms with Crippen LogP contribution in [0.2, 0.25) is 0 Å². The predicted molar refractivity (Wildman–Crippen MR) is 99.2 cm³/mol. The van der Waals surface area contributed by atoms with Crippen molar-refractivity contribution in [3.05, 3.63) is 29.8 Å². The zero-order valence-corrected chi connectivity index (χ0v) is 15.7. The average Bonchev–Trinajstić information content (AvgIpc) is 2.99. The van der Waals surface area contributed by atoms with Crippen LogP contribution in [0.1, 0.15) is 20.3 Å². The van der Waals surface area contributed by atoms with Crippen molar-refractivity contribution in [1.82, 2.24) is 15.5 Å². The van der Waals surface area contributed by atoms with E-state index in [0.717, 1.165) is 13.0 Å². The molecule has 140 valence electrons. The molecule has 0 aliphatic carbocycles. The third-order valence-electron chi connectivity index (χ3n) is 4.91. The number of nitrogens with one attached hydrogen (secondary N) is 2. The third kappa shape index (κ3) is 4.81. The summed E-state index contributed by atoms with van der Waals surface area (Å²) in [6, 6.07) is 4.07. The fourth-order valence-electron chi connectivity index (χ4n) is 2.72. The van der Waals surface area contributed by atoms with E-state index in [4.69, 9.17) is 0 Å². The largest absolute Gasteiger partial charge is 0.365 e. The molecule has 1 atom stereocenters. The van der Waals surface area contributed by atoms with Crippen LogP contribution in [-0.2, 0) is 0 Å². The molecule has 0 spiro atoms. The van der Waals surface area contributed by atoms with E-state index in [1.807, 2.05) is 14.1 Å². The van der Waals surface area contributed by atoms with Crippen LogP contribution in [0.4, 0.5) is 14.5 Å². The van der Waals surface area contributed by atoms with Gasteiger partial charge < -0.3 is 20.4 Å². The smallest absolute Gasteiger partial charge is 0.191 e. The van der Waals surface area contributed by atoms with Crippen LogP contribution in [0.3, 0.4) is 0 Å². The van der Waals surface area contributed by atoms with Crippen LogP contribution >= 0.6 is 0 Å². The van der Waals surface area contributed by atoms with E-state index in [9.17, 15) is 8.78 Å².